The van der Waals surface area contributed by atoms with Crippen LogP contribution in [0, 0.1) is 0 Å². The summed E-state index contributed by atoms with van der Waals surface area (Å²) in [4.78, 5) is 4.55. The van der Waals surface area contributed by atoms with Crippen molar-refractivity contribution < 1.29 is 10.2 Å². The Bertz CT molecular complexity index is 761. The lowest BCUT2D eigenvalue weighted by Gasteiger charge is -2.11. The van der Waals surface area contributed by atoms with Gasteiger partial charge in [-0.05, 0) is 42.3 Å². The number of hydrogen-bond acceptors (Lipinski definition) is 3. The Morgan fingerprint density at radius 2 is 1.76 bits per heavy atom. The molecule has 2 aromatic carbocycles. The van der Waals surface area contributed by atoms with Crippen molar-refractivity contribution in [2.45, 2.75) is 6.92 Å². The van der Waals surface area contributed by atoms with Crippen LogP contribution in [-0.4, -0.2) is 22.5 Å². The Balaban J connectivity index is 2.09. The summed E-state index contributed by atoms with van der Waals surface area (Å²) >= 11 is 3.43. The zero-order valence-corrected chi connectivity index (χ0v) is 13.1. The molecule has 0 aromatic heterocycles. The SMILES string of the molecule is CC1=C(c2ccc(Br)cc2)C(c2ccc(O)cc2O)=NC1. The maximum absolute atomic E-state index is 10.1. The summed E-state index contributed by atoms with van der Waals surface area (Å²) in [6.07, 6.45) is 0. The molecule has 4 heteroatoms. The van der Waals surface area contributed by atoms with Crippen molar-refractivity contribution in [3.8, 4) is 11.5 Å². The number of halogens is 1. The van der Waals surface area contributed by atoms with Gasteiger partial charge in [0.1, 0.15) is 11.5 Å². The van der Waals surface area contributed by atoms with Crippen LogP contribution in [-0.2, 0) is 0 Å². The van der Waals surface area contributed by atoms with E-state index >= 15 is 0 Å². The van der Waals surface area contributed by atoms with Crippen molar-refractivity contribution in [3.05, 3.63) is 63.6 Å². The van der Waals surface area contributed by atoms with Gasteiger partial charge in [-0.2, -0.15) is 0 Å². The molecule has 1 aliphatic rings. The first-order valence-corrected chi connectivity index (χ1v) is 7.38. The van der Waals surface area contributed by atoms with E-state index in [4.69, 9.17) is 0 Å². The number of rotatable bonds is 2. The molecule has 0 atom stereocenters. The lowest BCUT2D eigenvalue weighted by molar-refractivity contribution is 0.450. The molecule has 0 unspecified atom stereocenters. The lowest BCUT2D eigenvalue weighted by atomic mass is 9.93. The molecule has 0 radical (unpaired) electrons. The predicted octanol–water partition coefficient (Wildman–Crippen LogP) is 4.14. The molecule has 2 aromatic rings. The van der Waals surface area contributed by atoms with Gasteiger partial charge < -0.3 is 10.2 Å². The van der Waals surface area contributed by atoms with Gasteiger partial charge in [0, 0.05) is 21.7 Å². The van der Waals surface area contributed by atoms with Crippen LogP contribution in [0.4, 0.5) is 0 Å². The lowest BCUT2D eigenvalue weighted by Crippen LogP contribution is -2.02. The molecule has 0 bridgehead atoms. The van der Waals surface area contributed by atoms with Crippen LogP contribution in [0.15, 0.2) is 57.5 Å². The average Bonchev–Trinajstić information content (AvgIpc) is 2.82. The minimum atomic E-state index is 0.0399. The maximum atomic E-state index is 10.1. The maximum Gasteiger partial charge on any atom is 0.128 e. The second kappa shape index (κ2) is 5.37. The molecule has 3 nitrogen and oxygen atoms in total. The number of allylic oxidation sites excluding steroid dienone is 1. The molecule has 21 heavy (non-hydrogen) atoms. The standard InChI is InChI=1S/C17H14BrNO2/c1-10-9-19-17(14-7-6-13(20)8-15(14)21)16(10)11-2-4-12(18)5-3-11/h2-8,20-21H,9H2,1H3. The molecule has 1 aliphatic heterocycles. The molecule has 0 saturated carbocycles. The molecule has 106 valence electrons. The highest BCUT2D eigenvalue weighted by Crippen LogP contribution is 2.34. The Morgan fingerprint density at radius 3 is 2.43 bits per heavy atom. The van der Waals surface area contributed by atoms with E-state index in [1.54, 1.807) is 12.1 Å². The molecule has 3 rings (SSSR count). The highest BCUT2D eigenvalue weighted by atomic mass is 79.9. The van der Waals surface area contributed by atoms with Gasteiger partial charge in [-0.1, -0.05) is 28.1 Å². The summed E-state index contributed by atoms with van der Waals surface area (Å²) in [6.45, 7) is 2.67. The molecule has 1 heterocycles. The van der Waals surface area contributed by atoms with Crippen LogP contribution >= 0.6 is 15.9 Å². The van der Waals surface area contributed by atoms with Crippen LogP contribution in [0.25, 0.3) is 5.57 Å². The monoisotopic (exact) mass is 343 g/mol. The van der Waals surface area contributed by atoms with Crippen LogP contribution in [0.5, 0.6) is 11.5 Å². The first-order chi connectivity index (χ1) is 10.1. The highest BCUT2D eigenvalue weighted by Gasteiger charge is 2.22. The summed E-state index contributed by atoms with van der Waals surface area (Å²) in [6, 6.07) is 12.6. The second-order valence-corrected chi connectivity index (χ2v) is 5.94. The number of aromatic hydroxyl groups is 2. The molecule has 0 aliphatic carbocycles. The zero-order valence-electron chi connectivity index (χ0n) is 11.5. The van der Waals surface area contributed by atoms with E-state index in [0.717, 1.165) is 21.3 Å². The first-order valence-electron chi connectivity index (χ1n) is 6.59. The van der Waals surface area contributed by atoms with Crippen molar-refractivity contribution in [2.24, 2.45) is 4.99 Å². The molecule has 0 fully saturated rings. The predicted molar refractivity (Wildman–Crippen MR) is 87.9 cm³/mol. The largest absolute Gasteiger partial charge is 0.508 e. The van der Waals surface area contributed by atoms with E-state index in [0.29, 0.717) is 12.1 Å². The van der Waals surface area contributed by atoms with Crippen molar-refractivity contribution in [2.75, 3.05) is 6.54 Å². The van der Waals surface area contributed by atoms with E-state index in [1.807, 2.05) is 31.2 Å². The Labute approximate surface area is 131 Å². The van der Waals surface area contributed by atoms with Crippen molar-refractivity contribution in [1.29, 1.82) is 0 Å². The Kier molecular flexibility index (Phi) is 3.55. The first kappa shape index (κ1) is 13.9. The zero-order chi connectivity index (χ0) is 15.0. The fourth-order valence-corrected chi connectivity index (χ4v) is 2.76. The third kappa shape index (κ3) is 2.59. The van der Waals surface area contributed by atoms with Gasteiger partial charge in [-0.15, -0.1) is 0 Å². The summed E-state index contributed by atoms with van der Waals surface area (Å²) in [5.74, 6) is 0.0822. The molecule has 2 N–H and O–H groups in total. The van der Waals surface area contributed by atoms with Crippen LogP contribution in [0.3, 0.4) is 0 Å². The summed E-state index contributed by atoms with van der Waals surface area (Å²) in [5.41, 5.74) is 4.69. The van der Waals surface area contributed by atoms with E-state index in [1.165, 1.54) is 11.6 Å². The number of benzene rings is 2. The van der Waals surface area contributed by atoms with E-state index in [2.05, 4.69) is 20.9 Å². The Hall–Kier alpha value is -2.07. The van der Waals surface area contributed by atoms with Crippen LogP contribution in [0.2, 0.25) is 0 Å². The van der Waals surface area contributed by atoms with Crippen molar-refractivity contribution >= 4 is 27.2 Å². The molecule has 0 spiro atoms. The quantitative estimate of drug-likeness (QED) is 0.860. The molecular formula is C17H14BrNO2. The molecule has 0 amide bonds. The second-order valence-electron chi connectivity index (χ2n) is 5.03. The normalized spacial score (nSPS) is 14.5. The number of aliphatic imine (C=N–C) groups is 1. The van der Waals surface area contributed by atoms with E-state index < -0.39 is 0 Å². The number of phenolic OH excluding ortho intramolecular Hbond substituents is 2. The number of hydrogen-bond donors (Lipinski definition) is 2. The van der Waals surface area contributed by atoms with E-state index in [9.17, 15) is 10.2 Å². The number of nitrogens with zero attached hydrogens (tertiary/aromatic N) is 1. The van der Waals surface area contributed by atoms with Gasteiger partial charge in [-0.25, -0.2) is 0 Å². The third-order valence-corrected chi connectivity index (χ3v) is 4.04. The highest BCUT2D eigenvalue weighted by molar-refractivity contribution is 9.10. The van der Waals surface area contributed by atoms with Crippen LogP contribution in [0.1, 0.15) is 18.1 Å². The molecule has 0 saturated heterocycles. The topological polar surface area (TPSA) is 52.8 Å². The van der Waals surface area contributed by atoms with Crippen LogP contribution < -0.4 is 0 Å². The van der Waals surface area contributed by atoms with Gasteiger partial charge >= 0.3 is 0 Å². The average molecular weight is 344 g/mol. The fourth-order valence-electron chi connectivity index (χ4n) is 2.50. The van der Waals surface area contributed by atoms with Crippen molar-refractivity contribution in [3.63, 3.8) is 0 Å². The summed E-state index contributed by atoms with van der Waals surface area (Å²) in [5, 5.41) is 19.5. The smallest absolute Gasteiger partial charge is 0.128 e. The van der Waals surface area contributed by atoms with Gasteiger partial charge in [0.15, 0.2) is 0 Å². The Morgan fingerprint density at radius 1 is 1.05 bits per heavy atom. The third-order valence-electron chi connectivity index (χ3n) is 3.51. The molecular weight excluding hydrogens is 330 g/mol. The van der Waals surface area contributed by atoms with Gasteiger partial charge in [0.2, 0.25) is 0 Å². The van der Waals surface area contributed by atoms with Gasteiger partial charge in [-0.3, -0.25) is 4.99 Å². The number of phenols is 2. The van der Waals surface area contributed by atoms with Gasteiger partial charge in [0.25, 0.3) is 0 Å². The summed E-state index contributed by atoms with van der Waals surface area (Å²) < 4.78 is 1.02. The minimum absolute atomic E-state index is 0.0399. The minimum Gasteiger partial charge on any atom is -0.508 e. The fraction of sp³-hybridized carbons (Fsp3) is 0.118. The van der Waals surface area contributed by atoms with Crippen molar-refractivity contribution in [1.82, 2.24) is 0 Å². The summed E-state index contributed by atoms with van der Waals surface area (Å²) in [7, 11) is 0. The van der Waals surface area contributed by atoms with E-state index in [-0.39, 0.29) is 11.5 Å². The van der Waals surface area contributed by atoms with Gasteiger partial charge in [0.05, 0.1) is 12.3 Å².